The lowest BCUT2D eigenvalue weighted by Gasteiger charge is -2.22. The number of nitrogens with zero attached hydrogens (tertiary/aromatic N) is 1. The summed E-state index contributed by atoms with van der Waals surface area (Å²) in [6.45, 7) is -0.278. The van der Waals surface area contributed by atoms with Crippen molar-refractivity contribution in [1.29, 1.82) is 0 Å². The fourth-order valence-electron chi connectivity index (χ4n) is 2.42. The number of primary amides is 1. The van der Waals surface area contributed by atoms with Crippen LogP contribution in [0.3, 0.4) is 0 Å². The number of Topliss-reactive ketones (excluding diaryl/α,β-unsaturated/α-hetero) is 1. The highest BCUT2D eigenvalue weighted by Crippen LogP contribution is 2.35. The van der Waals surface area contributed by atoms with Crippen molar-refractivity contribution in [3.05, 3.63) is 59.7 Å². The standard InChI is InChI=1S/C15H12N2O2.C2H5NO2/c16-15(19)17-12-7-3-1-5-10(12)9-14(18)11-6-2-4-8-13(11)17;3-1-2(4)5/h1-8H,9H2,(H2,16,19);1,3H2,(H,4,5). The Morgan fingerprint density at radius 2 is 1.58 bits per heavy atom. The summed E-state index contributed by atoms with van der Waals surface area (Å²) in [6.07, 6.45) is 0.275. The van der Waals surface area contributed by atoms with Crippen LogP contribution in [0.4, 0.5) is 16.2 Å². The molecule has 0 radical (unpaired) electrons. The first-order valence-electron chi connectivity index (χ1n) is 7.17. The second-order valence-electron chi connectivity index (χ2n) is 5.02. The molecule has 5 N–H and O–H groups in total. The molecule has 2 aromatic rings. The number of carboxylic acids is 1. The number of benzene rings is 2. The fourth-order valence-corrected chi connectivity index (χ4v) is 2.42. The molecule has 0 saturated heterocycles. The van der Waals surface area contributed by atoms with Gasteiger partial charge in [0.15, 0.2) is 5.78 Å². The molecule has 1 heterocycles. The van der Waals surface area contributed by atoms with Crippen LogP contribution in [0.5, 0.6) is 0 Å². The van der Waals surface area contributed by atoms with Gasteiger partial charge in [0.2, 0.25) is 0 Å². The van der Waals surface area contributed by atoms with Gasteiger partial charge in [0.25, 0.3) is 0 Å². The summed E-state index contributed by atoms with van der Waals surface area (Å²) >= 11 is 0. The van der Waals surface area contributed by atoms with Gasteiger partial charge in [-0.25, -0.2) is 4.79 Å². The minimum Gasteiger partial charge on any atom is -0.480 e. The maximum Gasteiger partial charge on any atom is 0.323 e. The minimum atomic E-state index is -0.968. The Morgan fingerprint density at radius 1 is 1.04 bits per heavy atom. The monoisotopic (exact) mass is 327 g/mol. The Kier molecular flexibility index (Phi) is 5.28. The topological polar surface area (TPSA) is 127 Å². The lowest BCUT2D eigenvalue weighted by Crippen LogP contribution is -2.32. The maximum atomic E-state index is 12.3. The zero-order valence-electron chi connectivity index (χ0n) is 12.8. The predicted octanol–water partition coefficient (Wildman–Crippen LogP) is 1.67. The number of carboxylic acid groups (broad SMARTS) is 1. The molecule has 24 heavy (non-hydrogen) atoms. The summed E-state index contributed by atoms with van der Waals surface area (Å²) in [5.41, 5.74) is 12.6. The molecule has 0 unspecified atom stereocenters. The van der Waals surface area contributed by atoms with E-state index in [1.165, 1.54) is 4.90 Å². The van der Waals surface area contributed by atoms with Crippen molar-refractivity contribution >= 4 is 29.2 Å². The number of aliphatic carboxylic acids is 1. The van der Waals surface area contributed by atoms with E-state index >= 15 is 0 Å². The van der Waals surface area contributed by atoms with E-state index in [1.54, 1.807) is 30.3 Å². The first-order chi connectivity index (χ1) is 11.5. The first-order valence-corrected chi connectivity index (χ1v) is 7.17. The number of anilines is 2. The highest BCUT2D eigenvalue weighted by atomic mass is 16.4. The van der Waals surface area contributed by atoms with E-state index < -0.39 is 12.0 Å². The number of para-hydroxylation sites is 2. The molecule has 7 heteroatoms. The van der Waals surface area contributed by atoms with Gasteiger partial charge < -0.3 is 16.6 Å². The largest absolute Gasteiger partial charge is 0.480 e. The van der Waals surface area contributed by atoms with Gasteiger partial charge in [-0.15, -0.1) is 0 Å². The van der Waals surface area contributed by atoms with Crippen LogP contribution in [0, 0.1) is 0 Å². The Bertz CT molecular complexity index is 789. The van der Waals surface area contributed by atoms with E-state index in [1.807, 2.05) is 18.2 Å². The number of hydrogen-bond acceptors (Lipinski definition) is 4. The highest BCUT2D eigenvalue weighted by molar-refractivity contribution is 6.11. The molecule has 0 spiro atoms. The summed E-state index contributed by atoms with van der Waals surface area (Å²) < 4.78 is 0. The van der Waals surface area contributed by atoms with Gasteiger partial charge in [0.1, 0.15) is 0 Å². The van der Waals surface area contributed by atoms with Crippen LogP contribution >= 0.6 is 0 Å². The molecule has 124 valence electrons. The Morgan fingerprint density at radius 3 is 2.17 bits per heavy atom. The van der Waals surface area contributed by atoms with Crippen molar-refractivity contribution < 1.29 is 19.5 Å². The average molecular weight is 327 g/mol. The molecule has 7 nitrogen and oxygen atoms in total. The zero-order valence-corrected chi connectivity index (χ0v) is 12.8. The van der Waals surface area contributed by atoms with Gasteiger partial charge in [0.05, 0.1) is 17.9 Å². The molecule has 1 aliphatic rings. The van der Waals surface area contributed by atoms with E-state index in [2.05, 4.69) is 5.73 Å². The maximum absolute atomic E-state index is 12.3. The number of fused-ring (bicyclic) bond motifs is 2. The molecule has 0 bridgehead atoms. The Hall–Kier alpha value is -3.19. The Balaban J connectivity index is 0.000000368. The molecule has 0 saturated carbocycles. The van der Waals surface area contributed by atoms with Crippen molar-refractivity contribution in [2.45, 2.75) is 6.42 Å². The number of nitrogens with two attached hydrogens (primary N) is 2. The number of carbonyl (C=O) groups excluding carboxylic acids is 2. The van der Waals surface area contributed by atoms with Crippen molar-refractivity contribution in [1.82, 2.24) is 0 Å². The molecule has 3 rings (SSSR count). The molecule has 2 amide bonds. The minimum absolute atomic E-state index is 0.00759. The van der Waals surface area contributed by atoms with Crippen LogP contribution < -0.4 is 16.4 Å². The number of hydrogen-bond donors (Lipinski definition) is 3. The third-order valence-electron chi connectivity index (χ3n) is 3.42. The van der Waals surface area contributed by atoms with Crippen molar-refractivity contribution in [3.8, 4) is 0 Å². The predicted molar refractivity (Wildman–Crippen MR) is 89.3 cm³/mol. The molecule has 0 fully saturated rings. The van der Waals surface area contributed by atoms with E-state index in [9.17, 15) is 14.4 Å². The lowest BCUT2D eigenvalue weighted by atomic mass is 10.0. The average Bonchev–Trinajstić information content (AvgIpc) is 2.69. The highest BCUT2D eigenvalue weighted by Gasteiger charge is 2.27. The van der Waals surface area contributed by atoms with E-state index in [0.717, 1.165) is 5.56 Å². The van der Waals surface area contributed by atoms with Crippen molar-refractivity contribution in [3.63, 3.8) is 0 Å². The molecule has 0 atom stereocenters. The zero-order chi connectivity index (χ0) is 17.7. The van der Waals surface area contributed by atoms with E-state index in [4.69, 9.17) is 10.8 Å². The number of urea groups is 1. The van der Waals surface area contributed by atoms with Crippen molar-refractivity contribution in [2.75, 3.05) is 11.4 Å². The van der Waals surface area contributed by atoms with E-state index in [0.29, 0.717) is 16.9 Å². The number of rotatable bonds is 1. The van der Waals surface area contributed by atoms with E-state index in [-0.39, 0.29) is 18.7 Å². The van der Waals surface area contributed by atoms with Gasteiger partial charge in [0, 0.05) is 12.0 Å². The normalized spacial score (nSPS) is 12.2. The summed E-state index contributed by atoms with van der Waals surface area (Å²) in [4.78, 5) is 34.7. The van der Waals surface area contributed by atoms with Crippen LogP contribution in [0.2, 0.25) is 0 Å². The SMILES string of the molecule is NC(=O)N1c2ccccc2CC(=O)c2ccccc21.NCC(=O)O. The smallest absolute Gasteiger partial charge is 0.323 e. The van der Waals surface area contributed by atoms with Gasteiger partial charge >= 0.3 is 12.0 Å². The lowest BCUT2D eigenvalue weighted by molar-refractivity contribution is -0.135. The van der Waals surface area contributed by atoms with Crippen LogP contribution in [0.1, 0.15) is 15.9 Å². The second-order valence-corrected chi connectivity index (χ2v) is 5.02. The molecule has 1 aliphatic heterocycles. The van der Waals surface area contributed by atoms with Gasteiger partial charge in [-0.1, -0.05) is 30.3 Å². The third kappa shape index (κ3) is 3.58. The molecular formula is C17H17N3O4. The number of amides is 2. The summed E-state index contributed by atoms with van der Waals surface area (Å²) in [7, 11) is 0. The second kappa shape index (κ2) is 7.38. The molecule has 2 aromatic carbocycles. The van der Waals surface area contributed by atoms with Gasteiger partial charge in [-0.3, -0.25) is 14.5 Å². The quantitative estimate of drug-likeness (QED) is 0.734. The van der Waals surface area contributed by atoms with Crippen LogP contribution in [0.25, 0.3) is 0 Å². The van der Waals surface area contributed by atoms with Crippen molar-refractivity contribution in [2.24, 2.45) is 11.5 Å². The summed E-state index contributed by atoms with van der Waals surface area (Å²) in [6, 6.07) is 13.8. The summed E-state index contributed by atoms with van der Waals surface area (Å²) in [5.74, 6) is -0.975. The molecule has 0 aliphatic carbocycles. The Labute approximate surface area is 138 Å². The molecule has 0 aromatic heterocycles. The van der Waals surface area contributed by atoms with Crippen LogP contribution in [-0.4, -0.2) is 29.4 Å². The summed E-state index contributed by atoms with van der Waals surface area (Å²) in [5, 5.41) is 7.60. The van der Waals surface area contributed by atoms with Crippen LogP contribution in [-0.2, 0) is 11.2 Å². The van der Waals surface area contributed by atoms with Gasteiger partial charge in [-0.05, 0) is 23.8 Å². The molecular weight excluding hydrogens is 310 g/mol. The number of ketones is 1. The van der Waals surface area contributed by atoms with Crippen LogP contribution in [0.15, 0.2) is 48.5 Å². The van der Waals surface area contributed by atoms with Gasteiger partial charge in [-0.2, -0.15) is 0 Å². The third-order valence-corrected chi connectivity index (χ3v) is 3.42. The number of carbonyl (C=O) groups is 3. The first kappa shape index (κ1) is 17.2. The fraction of sp³-hybridized carbons (Fsp3) is 0.118.